The van der Waals surface area contributed by atoms with E-state index in [0.29, 0.717) is 16.9 Å². The monoisotopic (exact) mass is 369 g/mol. The number of alkyl halides is 1. The Morgan fingerprint density at radius 1 is 1.48 bits per heavy atom. The van der Waals surface area contributed by atoms with Crippen LogP contribution in [0.5, 0.6) is 5.75 Å². The number of aromatic carboxylic acids is 1. The third-order valence-electron chi connectivity index (χ3n) is 3.45. The van der Waals surface area contributed by atoms with Crippen LogP contribution in [0.3, 0.4) is 0 Å². The average Bonchev–Trinajstić information content (AvgIpc) is 2.54. The molecule has 0 aliphatic rings. The summed E-state index contributed by atoms with van der Waals surface area (Å²) >= 11 is 6.04. The highest BCUT2D eigenvalue weighted by Crippen LogP contribution is 2.25. The van der Waals surface area contributed by atoms with Crippen LogP contribution in [0.4, 0.5) is 4.39 Å². The zero-order valence-electron chi connectivity index (χ0n) is 13.8. The summed E-state index contributed by atoms with van der Waals surface area (Å²) in [4.78, 5) is 27.5. The van der Waals surface area contributed by atoms with Crippen LogP contribution in [0.2, 0.25) is 5.02 Å². The van der Waals surface area contributed by atoms with Crippen molar-refractivity contribution in [1.82, 2.24) is 14.9 Å². The van der Waals surface area contributed by atoms with E-state index >= 15 is 0 Å². The maximum Gasteiger partial charge on any atom is 0.354 e. The predicted molar refractivity (Wildman–Crippen MR) is 90.7 cm³/mol. The standard InChI is InChI=1S/C16H17ClFN3O4/c1-8-6-20-10(16(23)24)5-11(8)21-9(2)4-12(14(17)15(21)22)25-13(18)7-19-3/h4-6,13,19H,7H2,1-3H3,(H,23,24). The smallest absolute Gasteiger partial charge is 0.354 e. The SMILES string of the molecule is CNCC(F)Oc1cc(C)n(-c2cc(C(=O)O)ncc2C)c(=O)c1Cl. The van der Waals surface area contributed by atoms with Crippen molar-refractivity contribution in [1.29, 1.82) is 0 Å². The second-order valence-corrected chi connectivity index (χ2v) is 5.73. The summed E-state index contributed by atoms with van der Waals surface area (Å²) in [6.07, 6.45) is -0.313. The summed E-state index contributed by atoms with van der Waals surface area (Å²) in [6.45, 7) is 3.22. The number of hydrogen-bond donors (Lipinski definition) is 2. The molecule has 0 amide bonds. The van der Waals surface area contributed by atoms with Gasteiger partial charge in [-0.3, -0.25) is 9.36 Å². The van der Waals surface area contributed by atoms with E-state index in [1.54, 1.807) is 20.9 Å². The number of aromatic nitrogens is 2. The Morgan fingerprint density at radius 3 is 2.76 bits per heavy atom. The third-order valence-corrected chi connectivity index (χ3v) is 3.80. The summed E-state index contributed by atoms with van der Waals surface area (Å²) in [5.41, 5.74) is 0.473. The van der Waals surface area contributed by atoms with Gasteiger partial charge in [0.15, 0.2) is 0 Å². The van der Waals surface area contributed by atoms with Gasteiger partial charge >= 0.3 is 5.97 Å². The molecule has 0 radical (unpaired) electrons. The number of halogens is 2. The number of nitrogens with zero attached hydrogens (tertiary/aromatic N) is 2. The zero-order valence-corrected chi connectivity index (χ0v) is 14.6. The van der Waals surface area contributed by atoms with Crippen LogP contribution in [0.1, 0.15) is 21.7 Å². The van der Waals surface area contributed by atoms with Gasteiger partial charge in [0.25, 0.3) is 11.9 Å². The molecule has 9 heteroatoms. The van der Waals surface area contributed by atoms with Gasteiger partial charge in [0.1, 0.15) is 16.5 Å². The van der Waals surface area contributed by atoms with Crippen LogP contribution < -0.4 is 15.6 Å². The van der Waals surface area contributed by atoms with E-state index in [0.717, 1.165) is 0 Å². The highest BCUT2D eigenvalue weighted by molar-refractivity contribution is 6.31. The van der Waals surface area contributed by atoms with Crippen molar-refractivity contribution >= 4 is 17.6 Å². The Hall–Kier alpha value is -2.45. The van der Waals surface area contributed by atoms with Crippen LogP contribution >= 0.6 is 11.6 Å². The second-order valence-electron chi connectivity index (χ2n) is 5.35. The lowest BCUT2D eigenvalue weighted by molar-refractivity contribution is 0.0683. The molecule has 134 valence electrons. The van der Waals surface area contributed by atoms with Crippen LogP contribution in [0.25, 0.3) is 5.69 Å². The number of hydrogen-bond acceptors (Lipinski definition) is 5. The molecule has 0 bridgehead atoms. The molecule has 0 aromatic carbocycles. The molecule has 0 spiro atoms. The maximum absolute atomic E-state index is 13.6. The molecule has 2 rings (SSSR count). The van der Waals surface area contributed by atoms with Gasteiger partial charge in [0.05, 0.1) is 12.2 Å². The first-order valence-electron chi connectivity index (χ1n) is 7.34. The number of carboxylic acids is 1. The topological polar surface area (TPSA) is 93.4 Å². The number of pyridine rings is 2. The molecule has 0 aliphatic heterocycles. The molecule has 2 aromatic heterocycles. The van der Waals surface area contributed by atoms with Crippen molar-refractivity contribution in [3.05, 3.63) is 50.7 Å². The fraction of sp³-hybridized carbons (Fsp3) is 0.312. The van der Waals surface area contributed by atoms with Crippen LogP contribution in [-0.2, 0) is 0 Å². The summed E-state index contributed by atoms with van der Waals surface area (Å²) in [5.74, 6) is -1.29. The van der Waals surface area contributed by atoms with E-state index < -0.39 is 17.9 Å². The molecule has 2 heterocycles. The summed E-state index contributed by atoms with van der Waals surface area (Å²) in [7, 11) is 1.56. The lowest BCUT2D eigenvalue weighted by Gasteiger charge is -2.17. The van der Waals surface area contributed by atoms with Crippen molar-refractivity contribution in [2.24, 2.45) is 0 Å². The van der Waals surface area contributed by atoms with E-state index in [1.165, 1.54) is 22.9 Å². The molecule has 0 saturated heterocycles. The molecule has 7 nitrogen and oxygen atoms in total. The van der Waals surface area contributed by atoms with E-state index in [9.17, 15) is 14.0 Å². The number of nitrogens with one attached hydrogen (secondary N) is 1. The van der Waals surface area contributed by atoms with Crippen molar-refractivity contribution in [3.63, 3.8) is 0 Å². The molecule has 2 N–H and O–H groups in total. The number of aryl methyl sites for hydroxylation is 2. The minimum Gasteiger partial charge on any atom is -0.477 e. The van der Waals surface area contributed by atoms with Crippen molar-refractivity contribution in [2.45, 2.75) is 20.2 Å². The number of likely N-dealkylation sites (N-methyl/N-ethyl adjacent to an activating group) is 1. The molecule has 0 fully saturated rings. The number of carbonyl (C=O) groups is 1. The van der Waals surface area contributed by atoms with Gasteiger partial charge in [-0.25, -0.2) is 14.2 Å². The molecule has 0 saturated carbocycles. The third kappa shape index (κ3) is 3.97. The molecule has 25 heavy (non-hydrogen) atoms. The van der Waals surface area contributed by atoms with Crippen molar-refractivity contribution in [2.75, 3.05) is 13.6 Å². The first kappa shape index (κ1) is 18.9. The number of carboxylic acid groups (broad SMARTS) is 1. The summed E-state index contributed by atoms with van der Waals surface area (Å²) < 4.78 is 19.9. The fourth-order valence-corrected chi connectivity index (χ4v) is 2.46. The highest BCUT2D eigenvalue weighted by atomic mass is 35.5. The first-order valence-corrected chi connectivity index (χ1v) is 7.71. The van der Waals surface area contributed by atoms with E-state index in [1.807, 2.05) is 0 Å². The van der Waals surface area contributed by atoms with Crippen molar-refractivity contribution in [3.8, 4) is 11.4 Å². The Kier molecular flexibility index (Phi) is 5.76. The number of ether oxygens (including phenoxy) is 1. The van der Waals surface area contributed by atoms with E-state index in [-0.39, 0.29) is 23.0 Å². The second kappa shape index (κ2) is 7.62. The summed E-state index contributed by atoms with van der Waals surface area (Å²) in [6, 6.07) is 2.70. The fourth-order valence-electron chi connectivity index (χ4n) is 2.28. The largest absolute Gasteiger partial charge is 0.477 e. The molecular weight excluding hydrogens is 353 g/mol. The summed E-state index contributed by atoms with van der Waals surface area (Å²) in [5, 5.41) is 11.4. The predicted octanol–water partition coefficient (Wildman–Crippen LogP) is 2.09. The minimum atomic E-state index is -1.67. The average molecular weight is 370 g/mol. The first-order chi connectivity index (χ1) is 11.8. The van der Waals surface area contributed by atoms with Crippen molar-refractivity contribution < 1.29 is 19.0 Å². The van der Waals surface area contributed by atoms with Gasteiger partial charge in [-0.15, -0.1) is 0 Å². The van der Waals surface area contributed by atoms with Gasteiger partial charge in [0.2, 0.25) is 0 Å². The van der Waals surface area contributed by atoms with E-state index in [2.05, 4.69) is 10.3 Å². The lowest BCUT2D eigenvalue weighted by Crippen LogP contribution is -2.27. The van der Waals surface area contributed by atoms with Gasteiger partial charge in [0, 0.05) is 18.0 Å². The minimum absolute atomic E-state index is 0.0656. The normalized spacial score (nSPS) is 12.0. The van der Waals surface area contributed by atoms with Crippen LogP contribution in [0.15, 0.2) is 23.1 Å². The van der Waals surface area contributed by atoms with Crippen LogP contribution in [0, 0.1) is 13.8 Å². The number of rotatable bonds is 6. The molecular formula is C16H17ClFN3O4. The molecule has 1 unspecified atom stereocenters. The van der Waals surface area contributed by atoms with E-state index in [4.69, 9.17) is 21.4 Å². The van der Waals surface area contributed by atoms with Gasteiger partial charge in [-0.2, -0.15) is 0 Å². The molecule has 0 aliphatic carbocycles. The maximum atomic E-state index is 13.6. The van der Waals surface area contributed by atoms with Gasteiger partial charge in [-0.1, -0.05) is 11.6 Å². The Morgan fingerprint density at radius 2 is 2.16 bits per heavy atom. The Balaban J connectivity index is 2.58. The lowest BCUT2D eigenvalue weighted by atomic mass is 10.2. The quantitative estimate of drug-likeness (QED) is 0.810. The Labute approximate surface area is 148 Å². The van der Waals surface area contributed by atoms with Crippen LogP contribution in [-0.4, -0.2) is 40.6 Å². The van der Waals surface area contributed by atoms with Gasteiger partial charge in [-0.05, 0) is 32.5 Å². The molecule has 1 atom stereocenters. The Bertz CT molecular complexity index is 869. The highest BCUT2D eigenvalue weighted by Gasteiger charge is 2.19. The zero-order chi connectivity index (χ0) is 18.7. The molecule has 2 aromatic rings. The van der Waals surface area contributed by atoms with Gasteiger partial charge < -0.3 is 15.2 Å².